The normalized spacial score (nSPS) is 14.5. The van der Waals surface area contributed by atoms with Crippen molar-refractivity contribution < 1.29 is 18.8 Å². The molecule has 2 aromatic carbocycles. The lowest BCUT2D eigenvalue weighted by atomic mass is 10.2. The van der Waals surface area contributed by atoms with Crippen molar-refractivity contribution in [3.05, 3.63) is 66.1 Å². The summed E-state index contributed by atoms with van der Waals surface area (Å²) in [5, 5.41) is 4.08. The number of piperazine rings is 1. The lowest BCUT2D eigenvalue weighted by Gasteiger charge is -2.33. The van der Waals surface area contributed by atoms with E-state index in [-0.39, 0.29) is 5.91 Å². The van der Waals surface area contributed by atoms with Gasteiger partial charge >= 0.3 is 0 Å². The highest BCUT2D eigenvalue weighted by molar-refractivity contribution is 5.91. The van der Waals surface area contributed by atoms with Gasteiger partial charge in [0.1, 0.15) is 11.5 Å². The first-order valence-electron chi connectivity index (χ1n) is 11.0. The smallest absolute Gasteiger partial charge is 0.246 e. The van der Waals surface area contributed by atoms with Crippen LogP contribution in [0.25, 0.3) is 17.5 Å². The average Bonchev–Trinajstić information content (AvgIpc) is 3.32. The van der Waals surface area contributed by atoms with E-state index in [2.05, 4.69) is 15.0 Å². The van der Waals surface area contributed by atoms with Crippen LogP contribution in [0, 0.1) is 0 Å². The van der Waals surface area contributed by atoms with Crippen LogP contribution in [0.15, 0.2) is 59.1 Å². The molecule has 0 radical (unpaired) electrons. The molecule has 33 heavy (non-hydrogen) atoms. The van der Waals surface area contributed by atoms with Crippen LogP contribution in [0.1, 0.15) is 18.4 Å². The minimum atomic E-state index is 0.0168. The van der Waals surface area contributed by atoms with Gasteiger partial charge in [-0.15, -0.1) is 0 Å². The Morgan fingerprint density at radius 2 is 1.73 bits per heavy atom. The van der Waals surface area contributed by atoms with Crippen LogP contribution in [0.3, 0.4) is 0 Å². The Bertz CT molecular complexity index is 1070. The largest absolute Gasteiger partial charge is 0.497 e. The summed E-state index contributed by atoms with van der Waals surface area (Å²) < 4.78 is 16.1. The number of aromatic nitrogens is 2. The zero-order valence-electron chi connectivity index (χ0n) is 18.9. The van der Waals surface area contributed by atoms with Gasteiger partial charge in [0.15, 0.2) is 0 Å². The molecule has 8 nitrogen and oxygen atoms in total. The number of ether oxygens (including phenoxy) is 2. The van der Waals surface area contributed by atoms with Gasteiger partial charge in [-0.25, -0.2) is 0 Å². The molecular formula is C25H28N4O4. The summed E-state index contributed by atoms with van der Waals surface area (Å²) in [6, 6.07) is 15.2. The first kappa shape index (κ1) is 22.5. The molecule has 1 aliphatic rings. The second-order valence-corrected chi connectivity index (χ2v) is 7.68. The van der Waals surface area contributed by atoms with Crippen molar-refractivity contribution in [3.63, 3.8) is 0 Å². The van der Waals surface area contributed by atoms with Gasteiger partial charge in [-0.1, -0.05) is 17.3 Å². The molecule has 0 atom stereocenters. The predicted octanol–water partition coefficient (Wildman–Crippen LogP) is 3.50. The third kappa shape index (κ3) is 5.98. The average molecular weight is 449 g/mol. The lowest BCUT2D eigenvalue weighted by molar-refractivity contribution is -0.127. The van der Waals surface area contributed by atoms with Crippen LogP contribution in [0.4, 0.5) is 0 Å². The quantitative estimate of drug-likeness (QED) is 0.488. The Morgan fingerprint density at radius 3 is 2.39 bits per heavy atom. The number of nitrogens with zero attached hydrogens (tertiary/aromatic N) is 4. The van der Waals surface area contributed by atoms with Crippen LogP contribution in [0.5, 0.6) is 11.5 Å². The van der Waals surface area contributed by atoms with Gasteiger partial charge in [-0.05, 0) is 55.0 Å². The number of carbonyl (C=O) groups excluding carboxylic acids is 1. The van der Waals surface area contributed by atoms with Crippen LogP contribution in [-0.4, -0.2) is 65.7 Å². The van der Waals surface area contributed by atoms with E-state index in [1.165, 1.54) is 0 Å². The molecule has 2 heterocycles. The monoisotopic (exact) mass is 448 g/mol. The molecule has 1 amide bonds. The Labute approximate surface area is 193 Å². The summed E-state index contributed by atoms with van der Waals surface area (Å²) in [5.41, 5.74) is 1.84. The molecule has 0 saturated carbocycles. The Morgan fingerprint density at radius 1 is 1.03 bits per heavy atom. The molecule has 1 aromatic heterocycles. The zero-order chi connectivity index (χ0) is 23.0. The molecule has 0 aliphatic carbocycles. The maximum absolute atomic E-state index is 12.6. The van der Waals surface area contributed by atoms with Gasteiger partial charge in [-0.2, -0.15) is 4.98 Å². The van der Waals surface area contributed by atoms with Crippen molar-refractivity contribution in [1.29, 1.82) is 0 Å². The third-order valence-corrected chi connectivity index (χ3v) is 5.47. The lowest BCUT2D eigenvalue weighted by Crippen LogP contribution is -2.47. The number of carbonyl (C=O) groups is 1. The fourth-order valence-corrected chi connectivity index (χ4v) is 3.61. The van der Waals surface area contributed by atoms with E-state index >= 15 is 0 Å². The van der Waals surface area contributed by atoms with Crippen molar-refractivity contribution in [1.82, 2.24) is 19.9 Å². The molecule has 0 bridgehead atoms. The van der Waals surface area contributed by atoms with E-state index in [1.54, 1.807) is 13.2 Å². The van der Waals surface area contributed by atoms with Gasteiger partial charge in [0, 0.05) is 37.8 Å². The van der Waals surface area contributed by atoms with Gasteiger partial charge in [0.2, 0.25) is 17.6 Å². The summed E-state index contributed by atoms with van der Waals surface area (Å²) in [6.45, 7) is 5.97. The SMILES string of the molecule is CCOc1ccc(/C=C/C(=O)N2CCN(Cc3nc(-c4ccc(OC)cc4)no3)CC2)cc1. The molecular weight excluding hydrogens is 420 g/mol. The van der Waals surface area contributed by atoms with Crippen molar-refractivity contribution in [2.24, 2.45) is 0 Å². The van der Waals surface area contributed by atoms with Gasteiger partial charge in [0.05, 0.1) is 20.3 Å². The topological polar surface area (TPSA) is 80.9 Å². The zero-order valence-corrected chi connectivity index (χ0v) is 18.9. The Kier molecular flexibility index (Phi) is 7.36. The Balaban J connectivity index is 1.25. The molecule has 1 fully saturated rings. The highest BCUT2D eigenvalue weighted by atomic mass is 16.5. The molecule has 4 rings (SSSR count). The number of amides is 1. The molecule has 172 valence electrons. The summed E-state index contributed by atoms with van der Waals surface area (Å²) in [7, 11) is 1.63. The van der Waals surface area contributed by atoms with E-state index in [1.807, 2.05) is 66.4 Å². The molecule has 8 heteroatoms. The summed E-state index contributed by atoms with van der Waals surface area (Å²) in [6.07, 6.45) is 3.47. The van der Waals surface area contributed by atoms with Gasteiger partial charge in [-0.3, -0.25) is 9.69 Å². The molecule has 0 unspecified atom stereocenters. The van der Waals surface area contributed by atoms with Crippen molar-refractivity contribution in [2.75, 3.05) is 39.9 Å². The number of methoxy groups -OCH3 is 1. The predicted molar refractivity (Wildman–Crippen MR) is 125 cm³/mol. The highest BCUT2D eigenvalue weighted by Gasteiger charge is 2.21. The summed E-state index contributed by atoms with van der Waals surface area (Å²) in [5.74, 6) is 2.75. The van der Waals surface area contributed by atoms with Crippen LogP contribution in [-0.2, 0) is 11.3 Å². The fraction of sp³-hybridized carbons (Fsp3) is 0.320. The van der Waals surface area contributed by atoms with Crippen LogP contribution in [0.2, 0.25) is 0 Å². The molecule has 1 saturated heterocycles. The van der Waals surface area contributed by atoms with Crippen molar-refractivity contribution in [3.8, 4) is 22.9 Å². The molecule has 0 spiro atoms. The second-order valence-electron chi connectivity index (χ2n) is 7.68. The number of benzene rings is 2. The highest BCUT2D eigenvalue weighted by Crippen LogP contribution is 2.20. The first-order chi connectivity index (χ1) is 16.1. The van der Waals surface area contributed by atoms with E-state index < -0.39 is 0 Å². The maximum Gasteiger partial charge on any atom is 0.246 e. The minimum absolute atomic E-state index is 0.0168. The third-order valence-electron chi connectivity index (χ3n) is 5.47. The van der Waals surface area contributed by atoms with E-state index in [0.29, 0.717) is 38.0 Å². The van der Waals surface area contributed by atoms with Crippen molar-refractivity contribution in [2.45, 2.75) is 13.5 Å². The molecule has 3 aromatic rings. The van der Waals surface area contributed by atoms with E-state index in [4.69, 9.17) is 14.0 Å². The van der Waals surface area contributed by atoms with E-state index in [9.17, 15) is 4.79 Å². The first-order valence-corrected chi connectivity index (χ1v) is 11.0. The summed E-state index contributed by atoms with van der Waals surface area (Å²) in [4.78, 5) is 21.1. The van der Waals surface area contributed by atoms with Crippen LogP contribution < -0.4 is 9.47 Å². The standard InChI is InChI=1S/C25H28N4O4/c1-3-32-22-9-4-19(5-10-22)6-13-24(30)29-16-14-28(15-17-29)18-23-26-25(27-33-23)20-7-11-21(31-2)12-8-20/h4-13H,3,14-18H2,1-2H3/b13-6+. The maximum atomic E-state index is 12.6. The fourth-order valence-electron chi connectivity index (χ4n) is 3.61. The Hall–Kier alpha value is -3.65. The number of rotatable bonds is 8. The minimum Gasteiger partial charge on any atom is -0.497 e. The van der Waals surface area contributed by atoms with Crippen LogP contribution >= 0.6 is 0 Å². The van der Waals surface area contributed by atoms with Gasteiger partial charge in [0.25, 0.3) is 0 Å². The molecule has 1 aliphatic heterocycles. The van der Waals surface area contributed by atoms with E-state index in [0.717, 1.165) is 35.7 Å². The van der Waals surface area contributed by atoms with Crippen molar-refractivity contribution >= 4 is 12.0 Å². The molecule has 0 N–H and O–H groups in total. The number of hydrogen-bond donors (Lipinski definition) is 0. The number of hydrogen-bond acceptors (Lipinski definition) is 7. The second kappa shape index (κ2) is 10.8. The summed E-state index contributed by atoms with van der Waals surface area (Å²) >= 11 is 0. The van der Waals surface area contributed by atoms with Gasteiger partial charge < -0.3 is 18.9 Å².